The molecule has 0 radical (unpaired) electrons. The molecule has 1 heterocycles. The maximum absolute atomic E-state index is 5.46. The molecule has 0 saturated carbocycles. The largest absolute Gasteiger partial charge is 0.329 e. The second-order valence-corrected chi connectivity index (χ2v) is 9.24. The van der Waals surface area contributed by atoms with Gasteiger partial charge in [0.2, 0.25) is 0 Å². The van der Waals surface area contributed by atoms with Gasteiger partial charge >= 0.3 is 0 Å². The van der Waals surface area contributed by atoms with Crippen molar-refractivity contribution in [1.82, 2.24) is 4.98 Å². The Labute approximate surface area is 211 Å². The van der Waals surface area contributed by atoms with E-state index in [0.29, 0.717) is 0 Å². The smallest absolute Gasteiger partial charge is 0.142 e. The fourth-order valence-corrected chi connectivity index (χ4v) is 5.56. The van der Waals surface area contributed by atoms with Crippen molar-refractivity contribution < 1.29 is 0 Å². The van der Waals surface area contributed by atoms with E-state index in [1.165, 1.54) is 44.2 Å². The summed E-state index contributed by atoms with van der Waals surface area (Å²) in [6.07, 6.45) is 0. The van der Waals surface area contributed by atoms with Crippen LogP contribution in [0, 0.1) is 0 Å². The molecule has 5 aromatic carbocycles. The molecule has 0 spiro atoms. The van der Waals surface area contributed by atoms with Crippen LogP contribution in [0.3, 0.4) is 0 Å². The van der Waals surface area contributed by atoms with Crippen molar-refractivity contribution >= 4 is 22.3 Å². The van der Waals surface area contributed by atoms with Crippen LogP contribution in [0.5, 0.6) is 0 Å². The molecule has 1 aliphatic carbocycles. The number of benzene rings is 5. The summed E-state index contributed by atoms with van der Waals surface area (Å²) in [6.45, 7) is 0. The van der Waals surface area contributed by atoms with Crippen LogP contribution in [0.4, 0.5) is 11.5 Å². The minimum Gasteiger partial charge on any atom is -0.329 e. The summed E-state index contributed by atoms with van der Waals surface area (Å²) in [4.78, 5) is 7.68. The highest BCUT2D eigenvalue weighted by molar-refractivity contribution is 6.21. The molecule has 2 heteroatoms. The first-order valence-electron chi connectivity index (χ1n) is 12.3. The van der Waals surface area contributed by atoms with E-state index >= 15 is 0 Å². The van der Waals surface area contributed by atoms with Crippen LogP contribution in [0.25, 0.3) is 55.4 Å². The Hall–Kier alpha value is -4.69. The Morgan fingerprint density at radius 3 is 1.69 bits per heavy atom. The lowest BCUT2D eigenvalue weighted by Crippen LogP contribution is -2.14. The predicted molar refractivity (Wildman–Crippen MR) is 152 cm³/mol. The average Bonchev–Trinajstić information content (AvgIpc) is 3.29. The Kier molecular flexibility index (Phi) is 4.71. The van der Waals surface area contributed by atoms with Crippen LogP contribution in [0.2, 0.25) is 0 Å². The van der Waals surface area contributed by atoms with E-state index < -0.39 is 0 Å². The van der Waals surface area contributed by atoms with Crippen LogP contribution >= 0.6 is 0 Å². The van der Waals surface area contributed by atoms with Gasteiger partial charge < -0.3 is 4.90 Å². The zero-order valence-corrected chi connectivity index (χ0v) is 20.0. The molecule has 170 valence electrons. The standard InChI is InChI=1S/C34H24N2/c1-36(26-19-9-4-10-20-26)34-30(24-13-5-2-6-14-24)31-27-21-11-17-23-18-12-22-28(29(23)27)32(31)33(35-34)25-15-7-3-8-16-25/h2-22H,1H3. The number of aromatic nitrogens is 1. The molecular formula is C34H24N2. The number of fused-ring (bicyclic) bond motifs is 3. The topological polar surface area (TPSA) is 16.1 Å². The number of hydrogen-bond acceptors (Lipinski definition) is 2. The monoisotopic (exact) mass is 460 g/mol. The van der Waals surface area contributed by atoms with Crippen LogP contribution < -0.4 is 4.90 Å². The molecule has 0 saturated heterocycles. The Balaban J connectivity index is 1.66. The van der Waals surface area contributed by atoms with Crippen molar-refractivity contribution in [2.75, 3.05) is 11.9 Å². The van der Waals surface area contributed by atoms with Crippen molar-refractivity contribution in [2.45, 2.75) is 0 Å². The molecule has 0 fully saturated rings. The maximum Gasteiger partial charge on any atom is 0.142 e. The lowest BCUT2D eigenvalue weighted by atomic mass is 9.91. The summed E-state index contributed by atoms with van der Waals surface area (Å²) in [5.74, 6) is 0.954. The van der Waals surface area contributed by atoms with Gasteiger partial charge in [-0.3, -0.25) is 0 Å². The number of anilines is 2. The van der Waals surface area contributed by atoms with E-state index in [-0.39, 0.29) is 0 Å². The van der Waals surface area contributed by atoms with Crippen LogP contribution in [0.15, 0.2) is 127 Å². The summed E-state index contributed by atoms with van der Waals surface area (Å²) in [5, 5.41) is 2.57. The van der Waals surface area contributed by atoms with Crippen molar-refractivity contribution in [1.29, 1.82) is 0 Å². The number of rotatable bonds is 4. The molecule has 0 N–H and O–H groups in total. The van der Waals surface area contributed by atoms with Crippen LogP contribution in [0.1, 0.15) is 0 Å². The first kappa shape index (κ1) is 20.7. The van der Waals surface area contributed by atoms with Gasteiger partial charge in [-0.25, -0.2) is 4.98 Å². The summed E-state index contributed by atoms with van der Waals surface area (Å²) >= 11 is 0. The van der Waals surface area contributed by atoms with Crippen molar-refractivity contribution in [2.24, 2.45) is 0 Å². The first-order chi connectivity index (χ1) is 17.8. The summed E-state index contributed by atoms with van der Waals surface area (Å²) in [5.41, 5.74) is 10.6. The lowest BCUT2D eigenvalue weighted by Gasteiger charge is -2.26. The molecule has 7 rings (SSSR count). The third-order valence-corrected chi connectivity index (χ3v) is 7.19. The highest BCUT2D eigenvalue weighted by Gasteiger charge is 2.31. The van der Waals surface area contributed by atoms with E-state index in [0.717, 1.165) is 22.8 Å². The number of hydrogen-bond donors (Lipinski definition) is 0. The third-order valence-electron chi connectivity index (χ3n) is 7.19. The zero-order chi connectivity index (χ0) is 24.1. The highest BCUT2D eigenvalue weighted by Crippen LogP contribution is 2.56. The zero-order valence-electron chi connectivity index (χ0n) is 20.0. The molecule has 0 aliphatic heterocycles. The van der Waals surface area contributed by atoms with E-state index in [2.05, 4.69) is 139 Å². The number of pyridine rings is 1. The fraction of sp³-hybridized carbons (Fsp3) is 0.0294. The Morgan fingerprint density at radius 1 is 0.500 bits per heavy atom. The molecule has 0 bridgehead atoms. The quantitative estimate of drug-likeness (QED) is 0.260. The van der Waals surface area contributed by atoms with Gasteiger partial charge in [0, 0.05) is 35.0 Å². The van der Waals surface area contributed by atoms with Crippen molar-refractivity contribution in [3.05, 3.63) is 127 Å². The van der Waals surface area contributed by atoms with Crippen LogP contribution in [-0.2, 0) is 0 Å². The molecule has 1 aromatic heterocycles. The summed E-state index contributed by atoms with van der Waals surface area (Å²) in [6, 6.07) is 45.1. The molecule has 0 unspecified atom stereocenters. The first-order valence-corrected chi connectivity index (χ1v) is 12.3. The minimum absolute atomic E-state index is 0.954. The fourth-order valence-electron chi connectivity index (χ4n) is 5.56. The van der Waals surface area contributed by atoms with Gasteiger partial charge in [-0.15, -0.1) is 0 Å². The second-order valence-electron chi connectivity index (χ2n) is 9.24. The van der Waals surface area contributed by atoms with E-state index in [1.54, 1.807) is 0 Å². The summed E-state index contributed by atoms with van der Waals surface area (Å²) in [7, 11) is 2.12. The van der Waals surface area contributed by atoms with E-state index in [9.17, 15) is 0 Å². The molecule has 0 amide bonds. The van der Waals surface area contributed by atoms with Gasteiger partial charge in [-0.1, -0.05) is 115 Å². The maximum atomic E-state index is 5.46. The average molecular weight is 461 g/mol. The highest BCUT2D eigenvalue weighted by atomic mass is 15.2. The van der Waals surface area contributed by atoms with E-state index in [4.69, 9.17) is 4.98 Å². The Bertz CT molecular complexity index is 1720. The lowest BCUT2D eigenvalue weighted by molar-refractivity contribution is 1.13. The number of nitrogens with zero attached hydrogens (tertiary/aromatic N) is 2. The SMILES string of the molecule is CN(c1ccccc1)c1nc(-c2ccccc2)c2c(c1-c1ccccc1)-c1cccc3cccc-2c13. The van der Waals surface area contributed by atoms with Crippen molar-refractivity contribution in [3.8, 4) is 44.6 Å². The van der Waals surface area contributed by atoms with Crippen LogP contribution in [-0.4, -0.2) is 12.0 Å². The van der Waals surface area contributed by atoms with Crippen molar-refractivity contribution in [3.63, 3.8) is 0 Å². The normalized spacial score (nSPS) is 11.5. The van der Waals surface area contributed by atoms with E-state index in [1.807, 2.05) is 0 Å². The van der Waals surface area contributed by atoms with Gasteiger partial charge in [0.25, 0.3) is 0 Å². The molecular weight excluding hydrogens is 436 g/mol. The Morgan fingerprint density at radius 2 is 1.06 bits per heavy atom. The van der Waals surface area contributed by atoms with Gasteiger partial charge in [0.1, 0.15) is 5.82 Å². The molecule has 1 aliphatic rings. The second kappa shape index (κ2) is 8.21. The minimum atomic E-state index is 0.954. The molecule has 36 heavy (non-hydrogen) atoms. The molecule has 2 nitrogen and oxygen atoms in total. The molecule has 0 atom stereocenters. The number of para-hydroxylation sites is 1. The summed E-state index contributed by atoms with van der Waals surface area (Å²) < 4.78 is 0. The third kappa shape index (κ3) is 3.08. The predicted octanol–water partition coefficient (Wildman–Crippen LogP) is 8.98. The van der Waals surface area contributed by atoms with Gasteiger partial charge in [0.15, 0.2) is 0 Å². The van der Waals surface area contributed by atoms with Gasteiger partial charge in [0.05, 0.1) is 5.69 Å². The molecule has 6 aromatic rings. The van der Waals surface area contributed by atoms with Gasteiger partial charge in [-0.2, -0.15) is 0 Å². The van der Waals surface area contributed by atoms with Gasteiger partial charge in [-0.05, 0) is 39.6 Å².